The minimum Gasteiger partial charge on any atom is -0.384 e. The van der Waals surface area contributed by atoms with Gasteiger partial charge in [0.15, 0.2) is 0 Å². The summed E-state index contributed by atoms with van der Waals surface area (Å²) in [6.07, 6.45) is 2.21. The van der Waals surface area contributed by atoms with Crippen LogP contribution in [0.25, 0.3) is 0 Å². The SMILES string of the molecule is Cc1cc(S(=O)(=O)N(C)C(C)C2CC2)ccc1C#CCO. The summed E-state index contributed by atoms with van der Waals surface area (Å²) in [5, 5.41) is 8.72. The van der Waals surface area contributed by atoms with Crippen LogP contribution >= 0.6 is 0 Å². The second kappa shape index (κ2) is 6.18. The first-order chi connectivity index (χ1) is 9.87. The predicted octanol–water partition coefficient (Wildman–Crippen LogP) is 1.76. The van der Waals surface area contributed by atoms with Crippen molar-refractivity contribution in [2.45, 2.75) is 37.6 Å². The fraction of sp³-hybridized carbons (Fsp3) is 0.500. The number of aryl methyl sites for hydroxylation is 1. The van der Waals surface area contributed by atoms with Crippen LogP contribution in [0.2, 0.25) is 0 Å². The van der Waals surface area contributed by atoms with Gasteiger partial charge in [-0.2, -0.15) is 4.31 Å². The van der Waals surface area contributed by atoms with Crippen molar-refractivity contribution in [1.82, 2.24) is 4.31 Å². The van der Waals surface area contributed by atoms with Crippen LogP contribution in [0.5, 0.6) is 0 Å². The fourth-order valence-corrected chi connectivity index (χ4v) is 3.84. The third-order valence-corrected chi connectivity index (χ3v) is 6.00. The van der Waals surface area contributed by atoms with Crippen molar-refractivity contribution in [3.63, 3.8) is 0 Å². The lowest BCUT2D eigenvalue weighted by Gasteiger charge is -2.24. The van der Waals surface area contributed by atoms with Gasteiger partial charge < -0.3 is 5.11 Å². The smallest absolute Gasteiger partial charge is 0.243 e. The van der Waals surface area contributed by atoms with Crippen molar-refractivity contribution in [1.29, 1.82) is 0 Å². The Morgan fingerprint density at radius 3 is 2.62 bits per heavy atom. The van der Waals surface area contributed by atoms with Gasteiger partial charge in [-0.1, -0.05) is 11.8 Å². The van der Waals surface area contributed by atoms with Crippen molar-refractivity contribution >= 4 is 10.0 Å². The molecule has 0 aromatic heterocycles. The van der Waals surface area contributed by atoms with Gasteiger partial charge in [-0.15, -0.1) is 0 Å². The van der Waals surface area contributed by atoms with E-state index in [9.17, 15) is 8.42 Å². The Bertz CT molecular complexity index is 681. The lowest BCUT2D eigenvalue weighted by molar-refractivity contribution is 0.350. The molecule has 1 atom stereocenters. The number of nitrogens with zero attached hydrogens (tertiary/aromatic N) is 1. The van der Waals surface area contributed by atoms with Crippen LogP contribution in [0.4, 0.5) is 0 Å². The Morgan fingerprint density at radius 1 is 1.43 bits per heavy atom. The van der Waals surface area contributed by atoms with Gasteiger partial charge in [0.05, 0.1) is 4.90 Å². The molecule has 1 aromatic rings. The molecule has 0 radical (unpaired) electrons. The Balaban J connectivity index is 2.30. The normalized spacial score (nSPS) is 16.4. The molecule has 0 aliphatic heterocycles. The van der Waals surface area contributed by atoms with Crippen molar-refractivity contribution in [3.8, 4) is 11.8 Å². The van der Waals surface area contributed by atoms with Crippen LogP contribution in [-0.2, 0) is 10.0 Å². The number of aliphatic hydroxyl groups excluding tert-OH is 1. The average molecular weight is 307 g/mol. The first-order valence-electron chi connectivity index (χ1n) is 7.06. The maximum absolute atomic E-state index is 12.6. The monoisotopic (exact) mass is 307 g/mol. The summed E-state index contributed by atoms with van der Waals surface area (Å²) >= 11 is 0. The number of aliphatic hydroxyl groups is 1. The van der Waals surface area contributed by atoms with Crippen LogP contribution < -0.4 is 0 Å². The minimum atomic E-state index is -3.47. The zero-order chi connectivity index (χ0) is 15.6. The molecule has 5 heteroatoms. The summed E-state index contributed by atoms with van der Waals surface area (Å²) in [4.78, 5) is 0.296. The van der Waals surface area contributed by atoms with Gasteiger partial charge in [0.25, 0.3) is 0 Å². The third-order valence-electron chi connectivity index (χ3n) is 4.05. The molecular weight excluding hydrogens is 286 g/mol. The van der Waals surface area contributed by atoms with Crippen LogP contribution in [0.1, 0.15) is 30.9 Å². The summed E-state index contributed by atoms with van der Waals surface area (Å²) in [7, 11) is -1.82. The molecule has 21 heavy (non-hydrogen) atoms. The molecule has 1 fully saturated rings. The molecule has 1 aliphatic carbocycles. The van der Waals surface area contributed by atoms with Crippen LogP contribution in [0, 0.1) is 24.7 Å². The number of sulfonamides is 1. The summed E-state index contributed by atoms with van der Waals surface area (Å²) < 4.78 is 26.7. The van der Waals surface area contributed by atoms with Crippen LogP contribution in [0.15, 0.2) is 23.1 Å². The Labute approximate surface area is 126 Å². The minimum absolute atomic E-state index is 0.0316. The van der Waals surface area contributed by atoms with Gasteiger partial charge in [-0.3, -0.25) is 0 Å². The first-order valence-corrected chi connectivity index (χ1v) is 8.50. The Morgan fingerprint density at radius 2 is 2.10 bits per heavy atom. The highest BCUT2D eigenvalue weighted by Gasteiger charge is 2.36. The van der Waals surface area contributed by atoms with Crippen LogP contribution in [-0.4, -0.2) is 37.5 Å². The molecule has 1 saturated carbocycles. The van der Waals surface area contributed by atoms with Gasteiger partial charge in [0.2, 0.25) is 10.0 Å². The zero-order valence-electron chi connectivity index (χ0n) is 12.6. The standard InChI is InChI=1S/C16H21NO3S/c1-12-11-16(9-8-14(12)5-4-10-18)21(19,20)17(3)13(2)15-6-7-15/h8-9,11,13,15,18H,6-7,10H2,1-3H3. The van der Waals surface area contributed by atoms with Gasteiger partial charge in [0.1, 0.15) is 6.61 Å². The molecule has 2 rings (SSSR count). The second-order valence-corrected chi connectivity index (χ2v) is 7.53. The summed E-state index contributed by atoms with van der Waals surface area (Å²) in [6.45, 7) is 3.58. The van der Waals surface area contributed by atoms with Gasteiger partial charge in [-0.05, 0) is 56.4 Å². The highest BCUT2D eigenvalue weighted by Crippen LogP contribution is 2.36. The Kier molecular flexibility index (Phi) is 4.72. The lowest BCUT2D eigenvalue weighted by Crippen LogP contribution is -2.36. The van der Waals surface area contributed by atoms with Crippen LogP contribution in [0.3, 0.4) is 0 Å². The molecule has 1 unspecified atom stereocenters. The van der Waals surface area contributed by atoms with Crippen molar-refractivity contribution in [2.75, 3.05) is 13.7 Å². The highest BCUT2D eigenvalue weighted by atomic mass is 32.2. The van der Waals surface area contributed by atoms with Gasteiger partial charge in [-0.25, -0.2) is 8.42 Å². The molecule has 0 amide bonds. The van der Waals surface area contributed by atoms with E-state index in [4.69, 9.17) is 5.11 Å². The molecule has 1 N–H and O–H groups in total. The third kappa shape index (κ3) is 3.46. The number of hydrogen-bond acceptors (Lipinski definition) is 3. The van der Waals surface area contributed by atoms with E-state index in [0.29, 0.717) is 10.8 Å². The van der Waals surface area contributed by atoms with E-state index in [-0.39, 0.29) is 12.6 Å². The maximum atomic E-state index is 12.6. The molecule has 0 saturated heterocycles. The van der Waals surface area contributed by atoms with Crippen molar-refractivity contribution in [2.24, 2.45) is 5.92 Å². The summed E-state index contributed by atoms with van der Waals surface area (Å²) in [6, 6.07) is 4.96. The average Bonchev–Trinajstić information content (AvgIpc) is 3.28. The number of benzene rings is 1. The number of rotatable bonds is 4. The summed E-state index contributed by atoms with van der Waals surface area (Å²) in [5.74, 6) is 5.87. The first kappa shape index (κ1) is 16.0. The quantitative estimate of drug-likeness (QED) is 0.862. The summed E-state index contributed by atoms with van der Waals surface area (Å²) in [5.41, 5.74) is 1.53. The fourth-order valence-electron chi connectivity index (χ4n) is 2.33. The van der Waals surface area contributed by atoms with E-state index >= 15 is 0 Å². The van der Waals surface area contributed by atoms with Gasteiger partial charge in [0, 0.05) is 18.7 Å². The van der Waals surface area contributed by atoms with Gasteiger partial charge >= 0.3 is 0 Å². The Hall–Kier alpha value is -1.35. The molecule has 1 aliphatic rings. The maximum Gasteiger partial charge on any atom is 0.243 e. The van der Waals surface area contributed by atoms with E-state index < -0.39 is 10.0 Å². The van der Waals surface area contributed by atoms with E-state index in [0.717, 1.165) is 24.0 Å². The zero-order valence-corrected chi connectivity index (χ0v) is 13.4. The largest absolute Gasteiger partial charge is 0.384 e. The highest BCUT2D eigenvalue weighted by molar-refractivity contribution is 7.89. The van der Waals surface area contributed by atoms with E-state index in [1.54, 1.807) is 25.2 Å². The molecule has 0 heterocycles. The second-order valence-electron chi connectivity index (χ2n) is 5.54. The molecular formula is C16H21NO3S. The van der Waals surface area contributed by atoms with E-state index in [1.807, 2.05) is 13.8 Å². The van der Waals surface area contributed by atoms with Crippen molar-refractivity contribution < 1.29 is 13.5 Å². The molecule has 1 aromatic carbocycles. The molecule has 4 nitrogen and oxygen atoms in total. The van der Waals surface area contributed by atoms with E-state index in [2.05, 4.69) is 11.8 Å². The predicted molar refractivity (Wildman–Crippen MR) is 82.3 cm³/mol. The van der Waals surface area contributed by atoms with E-state index in [1.165, 1.54) is 4.31 Å². The lowest BCUT2D eigenvalue weighted by atomic mass is 10.1. The molecule has 0 bridgehead atoms. The topological polar surface area (TPSA) is 57.6 Å². The molecule has 0 spiro atoms. The molecule has 114 valence electrons. The van der Waals surface area contributed by atoms with Crippen molar-refractivity contribution in [3.05, 3.63) is 29.3 Å². The number of hydrogen-bond donors (Lipinski definition) is 1.